The summed E-state index contributed by atoms with van der Waals surface area (Å²) in [6.45, 7) is 8.86. The smallest absolute Gasteiger partial charge is 0.410 e. The van der Waals surface area contributed by atoms with Crippen molar-refractivity contribution in [3.63, 3.8) is 0 Å². The predicted molar refractivity (Wildman–Crippen MR) is 174 cm³/mol. The zero-order valence-electron chi connectivity index (χ0n) is 25.9. The van der Waals surface area contributed by atoms with E-state index in [9.17, 15) is 9.59 Å². The van der Waals surface area contributed by atoms with E-state index in [4.69, 9.17) is 9.47 Å². The third kappa shape index (κ3) is 8.69. The van der Waals surface area contributed by atoms with E-state index in [0.29, 0.717) is 39.0 Å². The van der Waals surface area contributed by atoms with Crippen LogP contribution >= 0.6 is 0 Å². The number of Topliss-reactive ketones (excluding diaryl/α,β-unsaturated/α-hetero) is 1. The van der Waals surface area contributed by atoms with Gasteiger partial charge in [-0.2, -0.15) is 0 Å². The van der Waals surface area contributed by atoms with Crippen LogP contribution in [0.4, 0.5) is 10.5 Å². The summed E-state index contributed by atoms with van der Waals surface area (Å²) in [4.78, 5) is 33.2. The van der Waals surface area contributed by atoms with Crippen LogP contribution in [0.1, 0.15) is 43.9 Å². The number of ether oxygens (including phenoxy) is 2. The van der Waals surface area contributed by atoms with Crippen molar-refractivity contribution in [2.75, 3.05) is 31.1 Å². The van der Waals surface area contributed by atoms with E-state index in [0.717, 1.165) is 52.3 Å². The second-order valence-electron chi connectivity index (χ2n) is 12.2. The average Bonchev–Trinajstić information content (AvgIpc) is 3.03. The second kappa shape index (κ2) is 14.2. The first-order valence-corrected chi connectivity index (χ1v) is 15.3. The first kappa shape index (κ1) is 30.8. The van der Waals surface area contributed by atoms with E-state index in [-0.39, 0.29) is 11.9 Å². The molecule has 0 saturated carbocycles. The lowest BCUT2D eigenvalue weighted by atomic mass is 9.99. The molecule has 7 nitrogen and oxygen atoms in total. The van der Waals surface area contributed by atoms with Crippen molar-refractivity contribution in [1.29, 1.82) is 0 Å². The Morgan fingerprint density at radius 3 is 2.34 bits per heavy atom. The monoisotopic (exact) mass is 591 g/mol. The lowest BCUT2D eigenvalue weighted by Gasteiger charge is -2.37. The number of rotatable bonds is 10. The van der Waals surface area contributed by atoms with E-state index in [1.165, 1.54) is 0 Å². The van der Waals surface area contributed by atoms with Gasteiger partial charge in [0, 0.05) is 57.1 Å². The molecule has 0 aliphatic carbocycles. The molecule has 0 radical (unpaired) electrons. The van der Waals surface area contributed by atoms with Crippen LogP contribution in [-0.2, 0) is 29.0 Å². The number of carbonyl (C=O) groups excluding carboxylic acids is 2. The molecule has 0 bridgehead atoms. The van der Waals surface area contributed by atoms with Gasteiger partial charge in [0.05, 0.1) is 0 Å². The summed E-state index contributed by atoms with van der Waals surface area (Å²) >= 11 is 0. The molecule has 1 aromatic heterocycles. The average molecular weight is 592 g/mol. The van der Waals surface area contributed by atoms with Gasteiger partial charge in [-0.05, 0) is 85.3 Å². The van der Waals surface area contributed by atoms with Gasteiger partial charge in [0.25, 0.3) is 0 Å². The molecule has 44 heavy (non-hydrogen) atoms. The van der Waals surface area contributed by atoms with Crippen molar-refractivity contribution in [3.05, 3.63) is 114 Å². The van der Waals surface area contributed by atoms with Crippen LogP contribution < -0.4 is 9.64 Å². The Bertz CT molecular complexity index is 1540. The zero-order chi connectivity index (χ0) is 30.9. The molecule has 0 N–H and O–H groups in total. The maximum Gasteiger partial charge on any atom is 0.410 e. The van der Waals surface area contributed by atoms with Crippen LogP contribution in [-0.4, -0.2) is 53.5 Å². The molecular formula is C37H41N3O4. The number of nitrogens with zero attached hydrogens (tertiary/aromatic N) is 3. The molecule has 4 aromatic rings. The number of benzene rings is 3. The minimum absolute atomic E-state index is 0.212. The van der Waals surface area contributed by atoms with Gasteiger partial charge in [0.15, 0.2) is 0 Å². The Labute approximate surface area is 260 Å². The normalized spacial score (nSPS) is 13.4. The lowest BCUT2D eigenvalue weighted by Crippen LogP contribution is -2.50. The molecule has 1 amide bonds. The number of hydrogen-bond acceptors (Lipinski definition) is 6. The SMILES string of the molecule is CC(C)(C)OC(=O)N1CCN(c2cccc(-c3ccccc3COc3ccc(CC(=O)CCc4cccnc4)cc3)c2)CC1. The highest BCUT2D eigenvalue weighted by Gasteiger charge is 2.26. The van der Waals surface area contributed by atoms with Crippen LogP contribution in [0, 0.1) is 0 Å². The van der Waals surface area contributed by atoms with E-state index >= 15 is 0 Å². The van der Waals surface area contributed by atoms with Crippen molar-refractivity contribution in [3.8, 4) is 16.9 Å². The van der Waals surface area contributed by atoms with Crippen LogP contribution in [0.5, 0.6) is 5.75 Å². The number of ketones is 1. The van der Waals surface area contributed by atoms with Crippen LogP contribution in [0.25, 0.3) is 11.1 Å². The van der Waals surface area contributed by atoms with Gasteiger partial charge in [-0.3, -0.25) is 9.78 Å². The highest BCUT2D eigenvalue weighted by atomic mass is 16.6. The third-order valence-electron chi connectivity index (χ3n) is 7.61. The van der Waals surface area contributed by atoms with Crippen molar-refractivity contribution < 1.29 is 19.1 Å². The molecule has 7 heteroatoms. The first-order valence-electron chi connectivity index (χ1n) is 15.3. The summed E-state index contributed by atoms with van der Waals surface area (Å²) in [6.07, 6.45) is 4.93. The molecule has 1 aliphatic rings. The largest absolute Gasteiger partial charge is 0.489 e. The van der Waals surface area contributed by atoms with Gasteiger partial charge < -0.3 is 19.3 Å². The van der Waals surface area contributed by atoms with E-state index in [2.05, 4.69) is 46.3 Å². The van der Waals surface area contributed by atoms with Gasteiger partial charge >= 0.3 is 6.09 Å². The second-order valence-corrected chi connectivity index (χ2v) is 12.2. The minimum Gasteiger partial charge on any atom is -0.489 e. The molecule has 3 aromatic carbocycles. The molecule has 5 rings (SSSR count). The zero-order valence-corrected chi connectivity index (χ0v) is 25.9. The fourth-order valence-electron chi connectivity index (χ4n) is 5.28. The number of pyridine rings is 1. The van der Waals surface area contributed by atoms with Crippen LogP contribution in [0.15, 0.2) is 97.3 Å². The molecule has 1 fully saturated rings. The number of carbonyl (C=O) groups is 2. The van der Waals surface area contributed by atoms with Gasteiger partial charge in [-0.1, -0.05) is 54.6 Å². The predicted octanol–water partition coefficient (Wildman–Crippen LogP) is 7.13. The van der Waals surface area contributed by atoms with E-state index in [1.807, 2.05) is 75.5 Å². The van der Waals surface area contributed by atoms with Crippen LogP contribution in [0.2, 0.25) is 0 Å². The number of aromatic nitrogens is 1. The minimum atomic E-state index is -0.495. The molecule has 1 saturated heterocycles. The van der Waals surface area contributed by atoms with Crippen molar-refractivity contribution >= 4 is 17.6 Å². The Morgan fingerprint density at radius 1 is 0.841 bits per heavy atom. The van der Waals surface area contributed by atoms with Crippen molar-refractivity contribution in [1.82, 2.24) is 9.88 Å². The highest BCUT2D eigenvalue weighted by Crippen LogP contribution is 2.29. The Kier molecular flexibility index (Phi) is 9.95. The number of aryl methyl sites for hydroxylation is 1. The maximum atomic E-state index is 12.5. The van der Waals surface area contributed by atoms with Gasteiger partial charge in [-0.15, -0.1) is 0 Å². The summed E-state index contributed by atoms with van der Waals surface area (Å²) < 4.78 is 11.7. The number of hydrogen-bond donors (Lipinski definition) is 0. The summed E-state index contributed by atoms with van der Waals surface area (Å²) in [5.74, 6) is 0.978. The van der Waals surface area contributed by atoms with Gasteiger partial charge in [-0.25, -0.2) is 4.79 Å². The van der Waals surface area contributed by atoms with Gasteiger partial charge in [0.1, 0.15) is 23.7 Å². The van der Waals surface area contributed by atoms with Crippen molar-refractivity contribution in [2.24, 2.45) is 0 Å². The molecule has 1 aliphatic heterocycles. The standard InChI is InChI=1S/C37H41N3O4/c1-37(2,3)44-36(42)40-22-20-39(21-23-40)32-11-6-10-30(25-32)35-12-5-4-9-31(35)27-43-34-17-14-28(15-18-34)24-33(41)16-13-29-8-7-19-38-26-29/h4-12,14-15,17-19,25-26H,13,16,20-24,27H2,1-3H3. The number of amides is 1. The summed E-state index contributed by atoms with van der Waals surface area (Å²) in [5, 5.41) is 0. The van der Waals surface area contributed by atoms with Crippen LogP contribution in [0.3, 0.4) is 0 Å². The van der Waals surface area contributed by atoms with Gasteiger partial charge in [0.2, 0.25) is 0 Å². The molecule has 228 valence electrons. The number of anilines is 1. The molecular weight excluding hydrogens is 550 g/mol. The fraction of sp³-hybridized carbons (Fsp3) is 0.324. The highest BCUT2D eigenvalue weighted by molar-refractivity contribution is 5.81. The lowest BCUT2D eigenvalue weighted by molar-refractivity contribution is -0.118. The molecule has 0 atom stereocenters. The van der Waals surface area contributed by atoms with Crippen molar-refractivity contribution in [2.45, 2.75) is 52.2 Å². The summed E-state index contributed by atoms with van der Waals surface area (Å²) in [6, 6.07) is 28.5. The molecule has 0 unspecified atom stereocenters. The van der Waals surface area contributed by atoms with E-state index < -0.39 is 5.60 Å². The molecule has 2 heterocycles. The quantitative estimate of drug-likeness (QED) is 0.195. The molecule has 0 spiro atoms. The third-order valence-corrected chi connectivity index (χ3v) is 7.61. The summed E-state index contributed by atoms with van der Waals surface area (Å²) in [5.41, 5.74) is 6.04. The summed E-state index contributed by atoms with van der Waals surface area (Å²) in [7, 11) is 0. The Hall–Kier alpha value is -4.65. The Balaban J connectivity index is 1.16. The fourth-order valence-corrected chi connectivity index (χ4v) is 5.28. The topological polar surface area (TPSA) is 72.0 Å². The Morgan fingerprint density at radius 2 is 1.61 bits per heavy atom. The number of piperazine rings is 1. The first-order chi connectivity index (χ1) is 21.2. The maximum absolute atomic E-state index is 12.5. The van der Waals surface area contributed by atoms with E-state index in [1.54, 1.807) is 11.1 Å².